The number of hydrogen-bond acceptors (Lipinski definition) is 16. The van der Waals surface area contributed by atoms with Crippen LogP contribution in [0.4, 0.5) is 0 Å². The highest BCUT2D eigenvalue weighted by Crippen LogP contribution is 2.31. The fourth-order valence-electron chi connectivity index (χ4n) is 12.5. The van der Waals surface area contributed by atoms with Gasteiger partial charge < -0.3 is 19.9 Å². The lowest BCUT2D eigenvalue weighted by atomic mass is 10.1. The molecule has 0 saturated heterocycles. The van der Waals surface area contributed by atoms with Crippen molar-refractivity contribution in [3.8, 4) is 0 Å². The molecule has 0 aliphatic carbocycles. The molecule has 26 heteroatoms. The van der Waals surface area contributed by atoms with Gasteiger partial charge in [0.25, 0.3) is 16.7 Å². The molecule has 9 heterocycles. The van der Waals surface area contributed by atoms with Gasteiger partial charge in [0.15, 0.2) is 11.0 Å². The Morgan fingerprint density at radius 1 is 0.495 bits per heavy atom. The van der Waals surface area contributed by atoms with Gasteiger partial charge in [-0.2, -0.15) is 8.75 Å². The van der Waals surface area contributed by atoms with Crippen molar-refractivity contribution in [1.29, 1.82) is 0 Å². The number of carbonyl (C=O) groups is 3. The maximum Gasteiger partial charge on any atom is 0.332 e. The maximum atomic E-state index is 13.5. The van der Waals surface area contributed by atoms with Crippen LogP contribution in [-0.2, 0) is 41.1 Å². The Kier molecular flexibility index (Phi) is 19.2. The number of pyridine rings is 3. The summed E-state index contributed by atoms with van der Waals surface area (Å²) >= 11 is 2.74. The summed E-state index contributed by atoms with van der Waals surface area (Å²) in [6.07, 6.45) is 8.05. The molecule has 0 radical (unpaired) electrons. The van der Waals surface area contributed by atoms with Gasteiger partial charge in [-0.15, -0.1) is 0 Å². The molecule has 0 amide bonds. The number of aliphatic carboxylic acids is 3. The SMILES string of the molecule is CC[C@@H](CC(=O)O)n1c(=O)c2ccncc2n(Cc2nsc3cc(C)cc(C)c23)c1=O.CC[C@H](CC(=O)O)n1c(=O)c2ncccc2n(Cc2cn(C)c3cccc(C)c23)c1=O.CC[C@H](CC(=O)O)n1c(=O)c2ncccc2n(Cc2nsc3cc(C)cc(C)c23)c1=O. The molecule has 9 aromatic heterocycles. The molecule has 12 rings (SSSR count). The zero-order chi connectivity index (χ0) is 66.9. The molecule has 3 aromatic carbocycles. The number of aromatic nitrogens is 12. The van der Waals surface area contributed by atoms with Crippen LogP contribution < -0.4 is 33.7 Å². The Balaban J connectivity index is 0.000000153. The van der Waals surface area contributed by atoms with Gasteiger partial charge in [0, 0.05) is 53.5 Å². The van der Waals surface area contributed by atoms with Crippen molar-refractivity contribution < 1.29 is 29.7 Å². The Morgan fingerprint density at radius 2 is 0.925 bits per heavy atom. The van der Waals surface area contributed by atoms with Crippen molar-refractivity contribution >= 4 is 105 Å². The van der Waals surface area contributed by atoms with E-state index in [4.69, 9.17) is 0 Å². The van der Waals surface area contributed by atoms with Crippen LogP contribution in [0.25, 0.3) is 64.0 Å². The third-order valence-electron chi connectivity index (χ3n) is 16.8. The largest absolute Gasteiger partial charge is 0.481 e. The highest BCUT2D eigenvalue weighted by atomic mass is 32.1. The minimum Gasteiger partial charge on any atom is -0.481 e. The molecule has 0 saturated carbocycles. The van der Waals surface area contributed by atoms with Gasteiger partial charge in [-0.3, -0.25) is 61.2 Å². The standard InChI is InChI=1S/C23H24N4O4.2C22H22N4O4S/c1-4-16(11-19(28)29)27-22(30)21-18(9-6-10-24-21)26(23(27)31)13-15-12-25(3)17-8-5-7-14(2)20(15)17;1-4-14(9-19(27)28)26-21(29)15-5-6-23-10-17(15)25(22(26)30)11-16-20-13(3)7-12(2)8-18(20)31-24-16;1-4-14(10-18(27)28)26-21(29)20-16(6-5-7-23-20)25(22(26)30)11-15-19-13(3)8-12(2)9-17(19)31-24-15/h5-10,12,16H,4,11,13H2,1-3H3,(H,28,29);5-8,10,14H,4,9,11H2,1-3H3,(H,27,28);5-9,14H,4,10-11H2,1-3H3,(H,27,28)/t16-;2*14-/m101/s1. The van der Waals surface area contributed by atoms with E-state index in [-0.39, 0.29) is 49.9 Å². The summed E-state index contributed by atoms with van der Waals surface area (Å²) in [5.41, 5.74) is 7.27. The summed E-state index contributed by atoms with van der Waals surface area (Å²) in [5.74, 6) is -3.19. The number of nitrogens with zero attached hydrogens (tertiary/aromatic N) is 12. The lowest BCUT2D eigenvalue weighted by Gasteiger charge is -2.19. The van der Waals surface area contributed by atoms with Gasteiger partial charge in [0.2, 0.25) is 0 Å². The van der Waals surface area contributed by atoms with Gasteiger partial charge in [-0.25, -0.2) is 24.4 Å². The van der Waals surface area contributed by atoms with E-state index in [1.54, 1.807) is 51.1 Å². The minimum absolute atomic E-state index is 0.137. The van der Waals surface area contributed by atoms with Crippen LogP contribution >= 0.6 is 23.1 Å². The van der Waals surface area contributed by atoms with Crippen molar-refractivity contribution in [2.24, 2.45) is 7.05 Å². The monoisotopic (exact) mass is 1300 g/mol. The van der Waals surface area contributed by atoms with Gasteiger partial charge >= 0.3 is 35.0 Å². The van der Waals surface area contributed by atoms with Crippen LogP contribution in [0.5, 0.6) is 0 Å². The van der Waals surface area contributed by atoms with E-state index in [2.05, 4.69) is 48.0 Å². The third kappa shape index (κ3) is 12.9. The topological polar surface area (TPSA) is 313 Å². The Labute approximate surface area is 537 Å². The van der Waals surface area contributed by atoms with E-state index in [1.165, 1.54) is 61.6 Å². The molecular formula is C67H68N12O12S2. The van der Waals surface area contributed by atoms with E-state index in [1.807, 2.05) is 70.6 Å². The summed E-state index contributed by atoms with van der Waals surface area (Å²) in [7, 11) is 1.95. The van der Waals surface area contributed by atoms with Crippen LogP contribution in [0.15, 0.2) is 133 Å². The first-order valence-electron chi connectivity index (χ1n) is 30.1. The molecule has 0 bridgehead atoms. The molecule has 0 aliphatic rings. The van der Waals surface area contributed by atoms with Gasteiger partial charge in [-0.1, -0.05) is 45.0 Å². The maximum absolute atomic E-state index is 13.5. The first kappa shape index (κ1) is 65.6. The molecule has 93 heavy (non-hydrogen) atoms. The molecule has 0 unspecified atom stereocenters. The molecule has 480 valence electrons. The first-order chi connectivity index (χ1) is 44.5. The second kappa shape index (κ2) is 27.2. The fourth-order valence-corrected chi connectivity index (χ4v) is 14.5. The zero-order valence-electron chi connectivity index (χ0n) is 52.6. The van der Waals surface area contributed by atoms with Gasteiger partial charge in [-0.05, 0) is 159 Å². The highest BCUT2D eigenvalue weighted by Gasteiger charge is 2.27. The van der Waals surface area contributed by atoms with Crippen molar-refractivity contribution in [1.82, 2.24) is 55.7 Å². The number of fused-ring (bicyclic) bond motifs is 6. The first-order valence-corrected chi connectivity index (χ1v) is 31.7. The molecule has 0 fully saturated rings. The summed E-state index contributed by atoms with van der Waals surface area (Å²) in [4.78, 5) is 126. The van der Waals surface area contributed by atoms with Crippen LogP contribution in [0.3, 0.4) is 0 Å². The number of carboxylic acids is 3. The normalized spacial score (nSPS) is 12.5. The fraction of sp³-hybridized carbons (Fsp3) is 0.313. The predicted molar refractivity (Wildman–Crippen MR) is 359 cm³/mol. The minimum atomic E-state index is -1.07. The number of hydrogen-bond donors (Lipinski definition) is 3. The molecule has 3 N–H and O–H groups in total. The van der Waals surface area contributed by atoms with Gasteiger partial charge in [0.05, 0.1) is 106 Å². The average molecular weight is 1300 g/mol. The molecule has 0 spiro atoms. The molecule has 3 atom stereocenters. The molecule has 24 nitrogen and oxygen atoms in total. The van der Waals surface area contributed by atoms with E-state index < -0.39 is 69.8 Å². The Hall–Kier alpha value is -10.3. The number of benzene rings is 3. The van der Waals surface area contributed by atoms with Crippen LogP contribution in [0.2, 0.25) is 0 Å². The van der Waals surface area contributed by atoms with E-state index in [0.29, 0.717) is 41.2 Å². The highest BCUT2D eigenvalue weighted by molar-refractivity contribution is 7.13. The summed E-state index contributed by atoms with van der Waals surface area (Å²) in [6.45, 7) is 15.9. The lowest BCUT2D eigenvalue weighted by Crippen LogP contribution is -2.43. The average Bonchev–Trinajstić information content (AvgIpc) is 1.66. The smallest absolute Gasteiger partial charge is 0.332 e. The predicted octanol–water partition coefficient (Wildman–Crippen LogP) is 9.35. The Morgan fingerprint density at radius 3 is 1.38 bits per heavy atom. The van der Waals surface area contributed by atoms with Crippen molar-refractivity contribution in [2.45, 2.75) is 132 Å². The zero-order valence-corrected chi connectivity index (χ0v) is 54.2. The van der Waals surface area contributed by atoms with Crippen molar-refractivity contribution in [3.63, 3.8) is 0 Å². The third-order valence-corrected chi connectivity index (χ3v) is 18.5. The number of rotatable bonds is 18. The number of aryl methyl sites for hydroxylation is 6. The second-order valence-corrected chi connectivity index (χ2v) is 24.8. The van der Waals surface area contributed by atoms with E-state index in [0.717, 1.165) is 89.5 Å². The van der Waals surface area contributed by atoms with Crippen molar-refractivity contribution in [2.75, 3.05) is 0 Å². The van der Waals surface area contributed by atoms with E-state index >= 15 is 0 Å². The molecule has 12 aromatic rings. The van der Waals surface area contributed by atoms with Crippen LogP contribution in [-0.4, -0.2) is 88.9 Å². The molecule has 0 aliphatic heterocycles. The summed E-state index contributed by atoms with van der Waals surface area (Å²) in [5, 5.41) is 31.2. The van der Waals surface area contributed by atoms with Crippen LogP contribution in [0, 0.1) is 34.6 Å². The Bertz CT molecular complexity index is 5120. The lowest BCUT2D eigenvalue weighted by molar-refractivity contribution is -0.139. The molecular weight excluding hydrogens is 1230 g/mol. The van der Waals surface area contributed by atoms with Crippen LogP contribution in [0.1, 0.15) is 122 Å². The van der Waals surface area contributed by atoms with Crippen molar-refractivity contribution in [3.05, 3.63) is 211 Å². The number of carboxylic acid groups (broad SMARTS) is 3. The van der Waals surface area contributed by atoms with Gasteiger partial charge in [0.1, 0.15) is 0 Å². The quantitative estimate of drug-likeness (QED) is 0.0720. The second-order valence-electron chi connectivity index (χ2n) is 23.1. The summed E-state index contributed by atoms with van der Waals surface area (Å²) in [6, 6.07) is 20.4. The van der Waals surface area contributed by atoms with E-state index in [9.17, 15) is 58.5 Å². The summed E-state index contributed by atoms with van der Waals surface area (Å²) < 4.78 is 20.9.